The second-order valence-electron chi connectivity index (χ2n) is 5.64. The molecule has 2 amide bonds. The Hall–Kier alpha value is -2.24. The molecule has 2 N–H and O–H groups in total. The Morgan fingerprint density at radius 3 is 3.14 bits per heavy atom. The van der Waals surface area contributed by atoms with Gasteiger partial charge in [0, 0.05) is 6.54 Å². The third-order valence-corrected chi connectivity index (χ3v) is 4.03. The van der Waals surface area contributed by atoms with Crippen LogP contribution in [0.1, 0.15) is 19.3 Å². The fraction of sp³-hybridized carbons (Fsp3) is 0.500. The summed E-state index contributed by atoms with van der Waals surface area (Å²) in [7, 11) is 0. The fourth-order valence-electron chi connectivity index (χ4n) is 2.88. The number of nitrogens with zero attached hydrogens (tertiary/aromatic N) is 1. The van der Waals surface area contributed by atoms with E-state index in [0.717, 1.165) is 24.3 Å². The summed E-state index contributed by atoms with van der Waals surface area (Å²) < 4.78 is 5.58. The average Bonchev–Trinajstić information content (AvgIpc) is 2.73. The van der Waals surface area contributed by atoms with Gasteiger partial charge in [0.1, 0.15) is 18.4 Å². The first-order valence-electron chi connectivity index (χ1n) is 7.78. The molecular formula is C16H21N3O3. The highest BCUT2D eigenvalue weighted by molar-refractivity contribution is 5.89. The summed E-state index contributed by atoms with van der Waals surface area (Å²) in [6.07, 6.45) is 2.62. The van der Waals surface area contributed by atoms with Crippen LogP contribution in [0, 0.1) is 0 Å². The molecule has 6 heteroatoms. The quantitative estimate of drug-likeness (QED) is 0.861. The van der Waals surface area contributed by atoms with Crippen molar-refractivity contribution in [1.82, 2.24) is 10.6 Å². The highest BCUT2D eigenvalue weighted by Gasteiger charge is 2.25. The third-order valence-electron chi connectivity index (χ3n) is 4.03. The number of nitrogens with one attached hydrogen (secondary N) is 2. The molecule has 2 heterocycles. The molecule has 0 radical (unpaired) electrons. The number of carbonyl (C=O) groups excluding carboxylic acids is 2. The summed E-state index contributed by atoms with van der Waals surface area (Å²) in [6, 6.07) is 7.28. The van der Waals surface area contributed by atoms with E-state index >= 15 is 0 Å². The van der Waals surface area contributed by atoms with Crippen LogP contribution in [-0.4, -0.2) is 44.1 Å². The summed E-state index contributed by atoms with van der Waals surface area (Å²) in [5.41, 5.74) is 0.925. The van der Waals surface area contributed by atoms with Crippen LogP contribution in [0.25, 0.3) is 0 Å². The largest absolute Gasteiger partial charge is 0.490 e. The molecule has 1 aromatic rings. The van der Waals surface area contributed by atoms with E-state index in [2.05, 4.69) is 10.6 Å². The molecule has 3 rings (SSSR count). The first-order chi connectivity index (χ1) is 10.7. The highest BCUT2D eigenvalue weighted by Crippen LogP contribution is 2.30. The van der Waals surface area contributed by atoms with E-state index < -0.39 is 6.04 Å². The van der Waals surface area contributed by atoms with Crippen LogP contribution in [0.3, 0.4) is 0 Å². The van der Waals surface area contributed by atoms with Crippen molar-refractivity contribution in [3.05, 3.63) is 24.3 Å². The van der Waals surface area contributed by atoms with Crippen molar-refractivity contribution >= 4 is 17.5 Å². The van der Waals surface area contributed by atoms with Crippen molar-refractivity contribution in [1.29, 1.82) is 0 Å². The Kier molecular flexibility index (Phi) is 4.46. The number of ether oxygens (including phenoxy) is 1. The summed E-state index contributed by atoms with van der Waals surface area (Å²) in [4.78, 5) is 26.1. The Balaban J connectivity index is 1.61. The van der Waals surface area contributed by atoms with Crippen molar-refractivity contribution in [2.24, 2.45) is 0 Å². The average molecular weight is 303 g/mol. The lowest BCUT2D eigenvalue weighted by Crippen LogP contribution is -2.49. The maximum Gasteiger partial charge on any atom is 0.242 e. The van der Waals surface area contributed by atoms with Gasteiger partial charge >= 0.3 is 0 Å². The smallest absolute Gasteiger partial charge is 0.242 e. The minimum absolute atomic E-state index is 0.0757. The van der Waals surface area contributed by atoms with Gasteiger partial charge in [0.15, 0.2) is 0 Å². The molecule has 0 spiro atoms. The molecule has 2 aliphatic rings. The molecule has 118 valence electrons. The number of rotatable bonds is 3. The Morgan fingerprint density at radius 2 is 2.23 bits per heavy atom. The van der Waals surface area contributed by atoms with E-state index in [0.29, 0.717) is 26.1 Å². The van der Waals surface area contributed by atoms with Crippen LogP contribution in [0.15, 0.2) is 24.3 Å². The maximum atomic E-state index is 12.3. The maximum absolute atomic E-state index is 12.3. The minimum Gasteiger partial charge on any atom is -0.490 e. The van der Waals surface area contributed by atoms with Crippen LogP contribution in [-0.2, 0) is 9.59 Å². The standard InChI is InChI=1S/C16H21N3O3/c20-15(18-12-5-3-4-8-17-16(12)21)11-19-9-10-22-14-7-2-1-6-13(14)19/h1-2,6-7,12H,3-5,8-11H2,(H,17,21)(H,18,20)/t12-/m1/s1. The molecular weight excluding hydrogens is 282 g/mol. The minimum atomic E-state index is -0.411. The zero-order chi connectivity index (χ0) is 15.4. The molecule has 1 saturated heterocycles. The van der Waals surface area contributed by atoms with Crippen LogP contribution in [0.4, 0.5) is 5.69 Å². The van der Waals surface area contributed by atoms with E-state index in [1.165, 1.54) is 0 Å². The van der Waals surface area contributed by atoms with Crippen molar-refractivity contribution in [2.45, 2.75) is 25.3 Å². The van der Waals surface area contributed by atoms with Gasteiger partial charge in [-0.2, -0.15) is 0 Å². The predicted octanol–water partition coefficient (Wildman–Crippen LogP) is 0.670. The zero-order valence-electron chi connectivity index (χ0n) is 12.5. The molecule has 0 bridgehead atoms. The second kappa shape index (κ2) is 6.68. The fourth-order valence-corrected chi connectivity index (χ4v) is 2.88. The van der Waals surface area contributed by atoms with Crippen LogP contribution < -0.4 is 20.3 Å². The molecule has 1 aromatic carbocycles. The molecule has 1 atom stereocenters. The third kappa shape index (κ3) is 3.32. The van der Waals surface area contributed by atoms with Gasteiger partial charge in [0.05, 0.1) is 18.8 Å². The van der Waals surface area contributed by atoms with Gasteiger partial charge in [-0.1, -0.05) is 12.1 Å². The van der Waals surface area contributed by atoms with E-state index in [9.17, 15) is 9.59 Å². The van der Waals surface area contributed by atoms with Gasteiger partial charge in [-0.05, 0) is 31.4 Å². The van der Waals surface area contributed by atoms with Crippen LogP contribution >= 0.6 is 0 Å². The van der Waals surface area contributed by atoms with Crippen LogP contribution in [0.5, 0.6) is 5.75 Å². The van der Waals surface area contributed by atoms with Gasteiger partial charge in [-0.3, -0.25) is 9.59 Å². The summed E-state index contributed by atoms with van der Waals surface area (Å²) in [5.74, 6) is 0.598. The highest BCUT2D eigenvalue weighted by atomic mass is 16.5. The van der Waals surface area contributed by atoms with Crippen molar-refractivity contribution in [2.75, 3.05) is 31.1 Å². The van der Waals surface area contributed by atoms with Gasteiger partial charge in [-0.15, -0.1) is 0 Å². The van der Waals surface area contributed by atoms with Gasteiger partial charge in [-0.25, -0.2) is 0 Å². The number of benzene rings is 1. The lowest BCUT2D eigenvalue weighted by molar-refractivity contribution is -0.128. The lowest BCUT2D eigenvalue weighted by Gasteiger charge is -2.31. The topological polar surface area (TPSA) is 70.7 Å². The monoisotopic (exact) mass is 303 g/mol. The summed E-state index contributed by atoms with van der Waals surface area (Å²) in [5, 5.41) is 5.69. The molecule has 1 fully saturated rings. The number of fused-ring (bicyclic) bond motifs is 1. The SMILES string of the molecule is O=C(CN1CCOc2ccccc21)N[C@@H]1CCCCNC1=O. The van der Waals surface area contributed by atoms with E-state index in [-0.39, 0.29) is 18.4 Å². The molecule has 6 nitrogen and oxygen atoms in total. The van der Waals surface area contributed by atoms with Crippen molar-refractivity contribution < 1.29 is 14.3 Å². The van der Waals surface area contributed by atoms with Gasteiger partial charge in [0.25, 0.3) is 0 Å². The van der Waals surface area contributed by atoms with E-state index in [1.54, 1.807) is 0 Å². The van der Waals surface area contributed by atoms with E-state index in [1.807, 2.05) is 29.2 Å². The van der Waals surface area contributed by atoms with Gasteiger partial charge in [0.2, 0.25) is 11.8 Å². The van der Waals surface area contributed by atoms with Crippen LogP contribution in [0.2, 0.25) is 0 Å². The molecule has 2 aliphatic heterocycles. The zero-order valence-corrected chi connectivity index (χ0v) is 12.5. The molecule has 0 unspecified atom stereocenters. The number of amides is 2. The number of anilines is 1. The Morgan fingerprint density at radius 1 is 1.36 bits per heavy atom. The normalized spacial score (nSPS) is 21.2. The molecule has 0 aromatic heterocycles. The molecule has 0 saturated carbocycles. The Bertz CT molecular complexity index is 561. The van der Waals surface area contributed by atoms with Gasteiger partial charge < -0.3 is 20.3 Å². The molecule has 22 heavy (non-hydrogen) atoms. The van der Waals surface area contributed by atoms with E-state index in [4.69, 9.17) is 4.74 Å². The summed E-state index contributed by atoms with van der Waals surface area (Å²) >= 11 is 0. The molecule has 0 aliphatic carbocycles. The second-order valence-corrected chi connectivity index (χ2v) is 5.64. The first kappa shape index (κ1) is 14.7. The lowest BCUT2D eigenvalue weighted by atomic mass is 10.1. The number of hydrogen-bond acceptors (Lipinski definition) is 4. The predicted molar refractivity (Wildman–Crippen MR) is 82.9 cm³/mol. The van der Waals surface area contributed by atoms with Crippen molar-refractivity contribution in [3.8, 4) is 5.75 Å². The summed E-state index contributed by atoms with van der Waals surface area (Å²) in [6.45, 7) is 2.17. The number of hydrogen-bond donors (Lipinski definition) is 2. The van der Waals surface area contributed by atoms with Crippen molar-refractivity contribution in [3.63, 3.8) is 0 Å². The first-order valence-corrected chi connectivity index (χ1v) is 7.78. The number of para-hydroxylation sites is 2. The Labute approximate surface area is 129 Å². The number of carbonyl (C=O) groups is 2.